The molecule has 1 aromatic rings. The highest BCUT2D eigenvalue weighted by Crippen LogP contribution is 2.38. The monoisotopic (exact) mass is 424 g/mol. The molecule has 0 bridgehead atoms. The maximum absolute atomic E-state index is 13.1. The van der Waals surface area contributed by atoms with Crippen LogP contribution < -0.4 is 9.80 Å². The second-order valence-electron chi connectivity index (χ2n) is 9.69. The highest BCUT2D eigenvalue weighted by Gasteiger charge is 2.39. The Hall–Kier alpha value is -2.41. The van der Waals surface area contributed by atoms with E-state index >= 15 is 0 Å². The van der Waals surface area contributed by atoms with E-state index in [9.17, 15) is 14.4 Å². The second kappa shape index (κ2) is 7.93. The van der Waals surface area contributed by atoms with Gasteiger partial charge < -0.3 is 14.7 Å². The first-order valence-electron chi connectivity index (χ1n) is 11.7. The third-order valence-electron chi connectivity index (χ3n) is 7.29. The summed E-state index contributed by atoms with van der Waals surface area (Å²) in [4.78, 5) is 46.3. The smallest absolute Gasteiger partial charge is 0.230 e. The number of hydrogen-bond acceptors (Lipinski definition) is 4. The maximum atomic E-state index is 13.1. The molecule has 3 heterocycles. The van der Waals surface area contributed by atoms with Gasteiger partial charge in [0.25, 0.3) is 0 Å². The van der Waals surface area contributed by atoms with Gasteiger partial charge in [-0.2, -0.15) is 0 Å². The van der Waals surface area contributed by atoms with Gasteiger partial charge in [0.1, 0.15) is 0 Å². The van der Waals surface area contributed by atoms with Gasteiger partial charge in [0.2, 0.25) is 17.7 Å². The van der Waals surface area contributed by atoms with Crippen LogP contribution in [0, 0.1) is 11.8 Å². The summed E-state index contributed by atoms with van der Waals surface area (Å²) in [5.41, 5.74) is 2.96. The van der Waals surface area contributed by atoms with E-state index in [1.54, 1.807) is 4.90 Å². The van der Waals surface area contributed by atoms with E-state index in [0.29, 0.717) is 12.6 Å². The molecule has 3 amide bonds. The largest absolute Gasteiger partial charge is 0.340 e. The van der Waals surface area contributed by atoms with Crippen molar-refractivity contribution in [3.05, 3.63) is 23.8 Å². The molecule has 31 heavy (non-hydrogen) atoms. The Kier molecular flexibility index (Phi) is 5.24. The van der Waals surface area contributed by atoms with Gasteiger partial charge in [0.05, 0.1) is 5.92 Å². The molecule has 2 saturated heterocycles. The van der Waals surface area contributed by atoms with Crippen LogP contribution in [0.5, 0.6) is 0 Å². The summed E-state index contributed by atoms with van der Waals surface area (Å²) >= 11 is 0. The molecule has 3 aliphatic heterocycles. The number of piperazine rings is 1. The quantitative estimate of drug-likeness (QED) is 0.741. The van der Waals surface area contributed by atoms with Gasteiger partial charge in [-0.1, -0.05) is 0 Å². The van der Waals surface area contributed by atoms with Crippen molar-refractivity contribution in [2.75, 3.05) is 49.1 Å². The van der Waals surface area contributed by atoms with Crippen LogP contribution in [-0.2, 0) is 20.8 Å². The second-order valence-corrected chi connectivity index (χ2v) is 9.69. The molecule has 0 N–H and O–H groups in total. The number of nitrogens with zero attached hydrogens (tertiary/aromatic N) is 4. The number of anilines is 2. The van der Waals surface area contributed by atoms with Crippen molar-refractivity contribution in [3.63, 3.8) is 0 Å². The fourth-order valence-corrected chi connectivity index (χ4v) is 5.18. The van der Waals surface area contributed by atoms with E-state index in [-0.39, 0.29) is 36.0 Å². The fraction of sp³-hybridized carbons (Fsp3) is 0.625. The Morgan fingerprint density at radius 3 is 2.39 bits per heavy atom. The summed E-state index contributed by atoms with van der Waals surface area (Å²) in [7, 11) is 0. The highest BCUT2D eigenvalue weighted by atomic mass is 16.2. The van der Waals surface area contributed by atoms with Gasteiger partial charge in [-0.25, -0.2) is 0 Å². The normalized spacial score (nSPS) is 24.3. The number of amides is 3. The maximum Gasteiger partial charge on any atom is 0.230 e. The Morgan fingerprint density at radius 2 is 1.71 bits per heavy atom. The third-order valence-corrected chi connectivity index (χ3v) is 7.29. The van der Waals surface area contributed by atoms with E-state index in [0.717, 1.165) is 68.9 Å². The zero-order chi connectivity index (χ0) is 21.7. The number of carbonyl (C=O) groups is 3. The van der Waals surface area contributed by atoms with Crippen molar-refractivity contribution in [2.45, 2.75) is 45.6 Å². The van der Waals surface area contributed by atoms with Gasteiger partial charge in [0, 0.05) is 69.0 Å². The van der Waals surface area contributed by atoms with Crippen molar-refractivity contribution in [1.82, 2.24) is 9.80 Å². The first-order chi connectivity index (χ1) is 14.9. The Balaban J connectivity index is 1.24. The van der Waals surface area contributed by atoms with Crippen molar-refractivity contribution in [2.24, 2.45) is 11.8 Å². The van der Waals surface area contributed by atoms with E-state index in [1.165, 1.54) is 0 Å². The van der Waals surface area contributed by atoms with Crippen molar-refractivity contribution < 1.29 is 14.4 Å². The fourth-order valence-electron chi connectivity index (χ4n) is 5.18. The Labute approximate surface area is 184 Å². The van der Waals surface area contributed by atoms with Crippen molar-refractivity contribution in [1.29, 1.82) is 0 Å². The van der Waals surface area contributed by atoms with Crippen LogP contribution in [0.25, 0.3) is 0 Å². The van der Waals surface area contributed by atoms with E-state index in [1.807, 2.05) is 28.0 Å². The van der Waals surface area contributed by atoms with Crippen LogP contribution in [-0.4, -0.2) is 72.8 Å². The van der Waals surface area contributed by atoms with E-state index in [4.69, 9.17) is 0 Å². The van der Waals surface area contributed by atoms with Crippen LogP contribution in [0.1, 0.15) is 38.7 Å². The molecular weight excluding hydrogens is 392 g/mol. The molecule has 5 rings (SSSR count). The molecule has 3 fully saturated rings. The predicted molar refractivity (Wildman–Crippen MR) is 119 cm³/mol. The molecule has 7 nitrogen and oxygen atoms in total. The first-order valence-corrected chi connectivity index (χ1v) is 11.7. The van der Waals surface area contributed by atoms with Crippen LogP contribution in [0.3, 0.4) is 0 Å². The summed E-state index contributed by atoms with van der Waals surface area (Å²) in [6.45, 7) is 8.82. The molecule has 7 heteroatoms. The zero-order valence-corrected chi connectivity index (χ0v) is 18.5. The van der Waals surface area contributed by atoms with Gasteiger partial charge >= 0.3 is 0 Å². The lowest BCUT2D eigenvalue weighted by molar-refractivity contribution is -0.137. The van der Waals surface area contributed by atoms with Crippen LogP contribution in [0.4, 0.5) is 11.4 Å². The number of hydrogen-bond donors (Lipinski definition) is 0. The molecule has 0 aromatic heterocycles. The standard InChI is InChI=1S/C24H32N4O3/c1-16(2)25-9-11-26(12-10-25)23(30)19-14-22(29)28(15-19)20-5-6-21-18(13-20)7-8-27(21)24(31)17-3-4-17/h5-6,13,16-17,19H,3-4,7-12,14-15H2,1-2H3/t19-/m1/s1. The minimum Gasteiger partial charge on any atom is -0.340 e. The number of fused-ring (bicyclic) bond motifs is 1. The molecule has 1 aliphatic carbocycles. The lowest BCUT2D eigenvalue weighted by Crippen LogP contribution is -2.52. The first kappa shape index (κ1) is 20.5. The lowest BCUT2D eigenvalue weighted by atomic mass is 10.1. The van der Waals surface area contributed by atoms with Crippen molar-refractivity contribution >= 4 is 29.1 Å². The van der Waals surface area contributed by atoms with Crippen LogP contribution >= 0.6 is 0 Å². The average Bonchev–Trinajstić information content (AvgIpc) is 3.43. The van der Waals surface area contributed by atoms with Crippen molar-refractivity contribution in [3.8, 4) is 0 Å². The molecule has 0 unspecified atom stereocenters. The SMILES string of the molecule is CC(C)N1CCN(C(=O)[C@@H]2CC(=O)N(c3ccc4c(c3)CCN4C(=O)C3CC3)C2)CC1. The van der Waals surface area contributed by atoms with E-state index in [2.05, 4.69) is 18.7 Å². The number of carbonyl (C=O) groups excluding carboxylic acids is 3. The average molecular weight is 425 g/mol. The predicted octanol–water partition coefficient (Wildman–Crippen LogP) is 1.89. The van der Waals surface area contributed by atoms with E-state index < -0.39 is 0 Å². The Bertz CT molecular complexity index is 902. The molecule has 166 valence electrons. The minimum atomic E-state index is -0.265. The summed E-state index contributed by atoms with van der Waals surface area (Å²) in [5.74, 6) is 0.316. The zero-order valence-electron chi connectivity index (χ0n) is 18.5. The summed E-state index contributed by atoms with van der Waals surface area (Å²) in [5, 5.41) is 0. The summed E-state index contributed by atoms with van der Waals surface area (Å²) in [6.07, 6.45) is 3.12. The molecule has 1 aromatic carbocycles. The van der Waals surface area contributed by atoms with Crippen LogP contribution in [0.15, 0.2) is 18.2 Å². The molecule has 0 radical (unpaired) electrons. The minimum absolute atomic E-state index is 0.0167. The molecule has 1 atom stereocenters. The third kappa shape index (κ3) is 3.84. The summed E-state index contributed by atoms with van der Waals surface area (Å²) < 4.78 is 0. The summed E-state index contributed by atoms with van der Waals surface area (Å²) in [6, 6.07) is 6.45. The van der Waals surface area contributed by atoms with Gasteiger partial charge in [-0.3, -0.25) is 19.3 Å². The van der Waals surface area contributed by atoms with Crippen LogP contribution in [0.2, 0.25) is 0 Å². The molecule has 4 aliphatic rings. The Morgan fingerprint density at radius 1 is 0.968 bits per heavy atom. The molecule has 0 spiro atoms. The highest BCUT2D eigenvalue weighted by molar-refractivity contribution is 6.02. The lowest BCUT2D eigenvalue weighted by Gasteiger charge is -2.37. The molecule has 1 saturated carbocycles. The topological polar surface area (TPSA) is 64.2 Å². The molecular formula is C24H32N4O3. The van der Waals surface area contributed by atoms with Gasteiger partial charge in [-0.05, 0) is 56.9 Å². The van der Waals surface area contributed by atoms with Gasteiger partial charge in [-0.15, -0.1) is 0 Å². The van der Waals surface area contributed by atoms with Gasteiger partial charge in [0.15, 0.2) is 0 Å². The number of rotatable bonds is 4. The number of benzene rings is 1.